The highest BCUT2D eigenvalue weighted by Gasteiger charge is 2.31. The lowest BCUT2D eigenvalue weighted by molar-refractivity contribution is 0.0933. The first kappa shape index (κ1) is 29.8. The number of fused-ring (bicyclic) bond motifs is 1. The lowest BCUT2D eigenvalue weighted by atomic mass is 10.2. The van der Waals surface area contributed by atoms with E-state index in [1.54, 1.807) is 19.1 Å². The Morgan fingerprint density at radius 3 is 2.27 bits per heavy atom. The first-order valence-electron chi connectivity index (χ1n) is 13.3. The molecule has 1 saturated heterocycles. The number of hydrogen-bond donors (Lipinski definition) is 0. The molecule has 0 saturated carbocycles. The topological polar surface area (TPSA) is 103 Å². The summed E-state index contributed by atoms with van der Waals surface area (Å²) in [6.45, 7) is 9.38. The highest BCUT2D eigenvalue weighted by molar-refractivity contribution is 7.89. The van der Waals surface area contributed by atoms with Gasteiger partial charge in [0.2, 0.25) is 10.0 Å². The second-order valence-corrected chi connectivity index (χ2v) is 12.1. The predicted molar refractivity (Wildman–Crippen MR) is 153 cm³/mol. The van der Waals surface area contributed by atoms with E-state index in [4.69, 9.17) is 4.74 Å². The molecule has 1 aromatic heterocycles. The first-order chi connectivity index (χ1) is 19.2. The Hall–Kier alpha value is -3.13. The summed E-state index contributed by atoms with van der Waals surface area (Å²) in [6.07, 6.45) is -0.455. The number of rotatable bonds is 10. The number of carbonyl (C=O) groups excluding carboxylic acids is 2. The Bertz CT molecular complexity index is 1440. The number of hydrogen-bond acceptors (Lipinski definition) is 8. The van der Waals surface area contributed by atoms with Gasteiger partial charge in [-0.15, -0.1) is 0 Å². The maximum absolute atomic E-state index is 14.4. The average Bonchev–Trinajstić information content (AvgIpc) is 3.41. The number of para-hydroxylation sites is 1. The molecule has 0 aliphatic carbocycles. The van der Waals surface area contributed by atoms with Crippen LogP contribution in [-0.2, 0) is 14.8 Å². The van der Waals surface area contributed by atoms with Crippen LogP contribution in [0.2, 0.25) is 0 Å². The molecule has 0 bridgehead atoms. The van der Waals surface area contributed by atoms with Gasteiger partial charge in [-0.3, -0.25) is 9.69 Å². The predicted octanol–water partition coefficient (Wildman–Crippen LogP) is 3.89. The zero-order chi connectivity index (χ0) is 28.9. The van der Waals surface area contributed by atoms with E-state index < -0.39 is 21.9 Å². The van der Waals surface area contributed by atoms with Gasteiger partial charge >= 0.3 is 6.09 Å². The van der Waals surface area contributed by atoms with Crippen LogP contribution in [0.3, 0.4) is 0 Å². The largest absolute Gasteiger partial charge is 0.450 e. The number of thiazole rings is 1. The van der Waals surface area contributed by atoms with Gasteiger partial charge in [-0.2, -0.15) is 4.31 Å². The molecule has 0 radical (unpaired) electrons. The van der Waals surface area contributed by atoms with E-state index in [0.29, 0.717) is 28.5 Å². The number of carbonyl (C=O) groups is 2. The fourth-order valence-corrected chi connectivity index (χ4v) is 6.91. The molecule has 0 spiro atoms. The summed E-state index contributed by atoms with van der Waals surface area (Å²) >= 11 is 1.24. The molecular formula is C27H34FN5O5S2. The zero-order valence-corrected chi connectivity index (χ0v) is 24.5. The molecule has 0 unspecified atom stereocenters. The third kappa shape index (κ3) is 6.43. The number of aromatic nitrogens is 1. The Morgan fingerprint density at radius 2 is 1.68 bits per heavy atom. The highest BCUT2D eigenvalue weighted by Crippen LogP contribution is 2.31. The number of ether oxygens (including phenoxy) is 1. The van der Waals surface area contributed by atoms with E-state index in [9.17, 15) is 22.4 Å². The third-order valence-corrected chi connectivity index (χ3v) is 9.83. The van der Waals surface area contributed by atoms with Gasteiger partial charge in [-0.1, -0.05) is 31.3 Å². The number of nitrogens with zero attached hydrogens (tertiary/aromatic N) is 5. The minimum atomic E-state index is -3.82. The molecule has 0 N–H and O–H groups in total. The van der Waals surface area contributed by atoms with E-state index >= 15 is 0 Å². The minimum absolute atomic E-state index is 0.0605. The van der Waals surface area contributed by atoms with Crippen LogP contribution in [0.5, 0.6) is 0 Å². The fourth-order valence-electron chi connectivity index (χ4n) is 4.48. The van der Waals surface area contributed by atoms with Crippen LogP contribution in [0, 0.1) is 5.82 Å². The molecule has 10 nitrogen and oxygen atoms in total. The second-order valence-electron chi connectivity index (χ2n) is 9.18. The lowest BCUT2D eigenvalue weighted by Crippen LogP contribution is -2.50. The summed E-state index contributed by atoms with van der Waals surface area (Å²) in [5.74, 6) is -0.799. The van der Waals surface area contributed by atoms with Crippen LogP contribution >= 0.6 is 11.3 Å². The number of halogens is 1. The molecular weight excluding hydrogens is 557 g/mol. The summed E-state index contributed by atoms with van der Waals surface area (Å²) < 4.78 is 47.8. The second kappa shape index (κ2) is 13.0. The number of anilines is 1. The molecule has 216 valence electrons. The SMILES string of the molecule is CCOC(=O)N1CCN(S(=O)(=O)c2ccc(C(=O)N(CCN(CC)CC)c3nc4c(F)cccc4s3)cc2)CC1. The first-order valence-corrected chi connectivity index (χ1v) is 15.6. The van der Waals surface area contributed by atoms with Gasteiger partial charge in [0.05, 0.1) is 16.2 Å². The Kier molecular flexibility index (Phi) is 9.72. The molecule has 4 rings (SSSR count). The summed E-state index contributed by atoms with van der Waals surface area (Å²) in [5.41, 5.74) is 0.512. The van der Waals surface area contributed by atoms with E-state index in [0.717, 1.165) is 13.1 Å². The van der Waals surface area contributed by atoms with Crippen LogP contribution in [0.15, 0.2) is 47.4 Å². The normalized spacial score (nSPS) is 14.6. The van der Waals surface area contributed by atoms with Crippen LogP contribution in [0.4, 0.5) is 14.3 Å². The van der Waals surface area contributed by atoms with Crippen molar-refractivity contribution < 1.29 is 27.1 Å². The van der Waals surface area contributed by atoms with E-state index in [2.05, 4.69) is 9.88 Å². The third-order valence-electron chi connectivity index (χ3n) is 6.87. The van der Waals surface area contributed by atoms with Crippen LogP contribution in [0.25, 0.3) is 10.2 Å². The van der Waals surface area contributed by atoms with Crippen molar-refractivity contribution in [2.24, 2.45) is 0 Å². The molecule has 3 aromatic rings. The number of amides is 2. The lowest BCUT2D eigenvalue weighted by Gasteiger charge is -2.33. The molecule has 13 heteroatoms. The van der Waals surface area contributed by atoms with Crippen LogP contribution < -0.4 is 4.90 Å². The maximum Gasteiger partial charge on any atom is 0.409 e. The monoisotopic (exact) mass is 591 g/mol. The van der Waals surface area contributed by atoms with Crippen molar-refractivity contribution in [2.45, 2.75) is 25.7 Å². The van der Waals surface area contributed by atoms with Crippen molar-refractivity contribution in [3.05, 3.63) is 53.8 Å². The summed E-state index contributed by atoms with van der Waals surface area (Å²) in [6, 6.07) is 10.5. The number of benzene rings is 2. The molecule has 2 amide bonds. The maximum atomic E-state index is 14.4. The highest BCUT2D eigenvalue weighted by atomic mass is 32.2. The molecule has 1 aliphatic heterocycles. The van der Waals surface area contributed by atoms with Gasteiger partial charge < -0.3 is 14.5 Å². The van der Waals surface area contributed by atoms with Crippen molar-refractivity contribution in [3.8, 4) is 0 Å². The Balaban J connectivity index is 1.54. The summed E-state index contributed by atoms with van der Waals surface area (Å²) in [7, 11) is -3.82. The number of likely N-dealkylation sites (N-methyl/N-ethyl adjacent to an activating group) is 1. The minimum Gasteiger partial charge on any atom is -0.450 e. The smallest absolute Gasteiger partial charge is 0.409 e. The summed E-state index contributed by atoms with van der Waals surface area (Å²) in [5, 5.41) is 0.383. The van der Waals surface area contributed by atoms with Gasteiger partial charge in [0.1, 0.15) is 11.3 Å². The molecule has 2 aromatic carbocycles. The standard InChI is InChI=1S/C27H34FN5O5S2/c1-4-30(5-2)14-19-33(26-29-24-22(28)8-7-9-23(24)39-26)25(34)20-10-12-21(13-11-20)40(36,37)32-17-15-31(16-18-32)27(35)38-6-3/h7-13H,4-6,14-19H2,1-3H3. The van der Waals surface area contributed by atoms with Gasteiger partial charge in [-0.25, -0.2) is 22.6 Å². The molecule has 1 aliphatic rings. The zero-order valence-electron chi connectivity index (χ0n) is 22.9. The van der Waals surface area contributed by atoms with Crippen LogP contribution in [0.1, 0.15) is 31.1 Å². The van der Waals surface area contributed by atoms with Crippen molar-refractivity contribution in [2.75, 3.05) is 63.9 Å². The van der Waals surface area contributed by atoms with E-state index in [-0.39, 0.29) is 49.1 Å². The fraction of sp³-hybridized carbons (Fsp3) is 0.444. The van der Waals surface area contributed by atoms with Gasteiger partial charge in [0.25, 0.3) is 5.91 Å². The van der Waals surface area contributed by atoms with Crippen molar-refractivity contribution in [1.29, 1.82) is 0 Å². The van der Waals surface area contributed by atoms with Crippen molar-refractivity contribution in [1.82, 2.24) is 19.1 Å². The quantitative estimate of drug-likeness (QED) is 0.353. The van der Waals surface area contributed by atoms with Gasteiger partial charge in [-0.05, 0) is 56.4 Å². The van der Waals surface area contributed by atoms with Crippen molar-refractivity contribution in [3.63, 3.8) is 0 Å². The average molecular weight is 592 g/mol. The molecule has 1 fully saturated rings. The number of piperazine rings is 1. The van der Waals surface area contributed by atoms with E-state index in [1.165, 1.54) is 55.8 Å². The Morgan fingerprint density at radius 1 is 1.00 bits per heavy atom. The van der Waals surface area contributed by atoms with Crippen LogP contribution in [-0.4, -0.2) is 98.5 Å². The molecule has 0 atom stereocenters. The van der Waals surface area contributed by atoms with E-state index in [1.807, 2.05) is 13.8 Å². The summed E-state index contributed by atoms with van der Waals surface area (Å²) in [4.78, 5) is 35.3. The number of sulfonamides is 1. The Labute approximate surface area is 238 Å². The van der Waals surface area contributed by atoms with Gasteiger partial charge in [0, 0.05) is 44.8 Å². The molecule has 40 heavy (non-hydrogen) atoms. The van der Waals surface area contributed by atoms with Gasteiger partial charge in [0.15, 0.2) is 5.13 Å². The van der Waals surface area contributed by atoms with Crippen molar-refractivity contribution >= 4 is 48.7 Å². The molecule has 2 heterocycles.